The van der Waals surface area contributed by atoms with Crippen molar-refractivity contribution in [1.29, 1.82) is 0 Å². The van der Waals surface area contributed by atoms with Crippen LogP contribution in [0.2, 0.25) is 5.02 Å². The molecule has 0 unspecified atom stereocenters. The quantitative estimate of drug-likeness (QED) is 0.314. The number of rotatable bonds is 7. The average molecular weight is 542 g/mol. The van der Waals surface area contributed by atoms with Crippen LogP contribution in [-0.2, 0) is 11.3 Å². The van der Waals surface area contributed by atoms with Crippen molar-refractivity contribution < 1.29 is 14.1 Å². The number of para-hydroxylation sites is 1. The smallest absolute Gasteiger partial charge is 0.255 e. The second kappa shape index (κ2) is 9.63. The first-order chi connectivity index (χ1) is 18.8. The molecule has 0 bridgehead atoms. The monoisotopic (exact) mass is 541 g/mol. The van der Waals surface area contributed by atoms with Gasteiger partial charge in [0.15, 0.2) is 0 Å². The SMILES string of the molecule is Cc1ncc(C(=O)NC2(C(=O)NCc3ccc(-n4c(-c5noc(C)n5)c(Cl)c5ccccc54)cc3)CC2)cn1. The minimum absolute atomic E-state index is 0.217. The lowest BCUT2D eigenvalue weighted by Crippen LogP contribution is -2.48. The molecule has 1 aliphatic rings. The largest absolute Gasteiger partial charge is 0.350 e. The minimum atomic E-state index is -0.902. The van der Waals surface area contributed by atoms with Crippen molar-refractivity contribution in [3.05, 3.63) is 88.8 Å². The number of nitrogens with one attached hydrogen (secondary N) is 2. The zero-order valence-corrected chi connectivity index (χ0v) is 22.0. The van der Waals surface area contributed by atoms with Gasteiger partial charge in [0.25, 0.3) is 5.91 Å². The number of benzene rings is 2. The highest BCUT2D eigenvalue weighted by molar-refractivity contribution is 6.38. The first kappa shape index (κ1) is 24.7. The van der Waals surface area contributed by atoms with Crippen LogP contribution in [0.25, 0.3) is 28.1 Å². The molecule has 5 aromatic rings. The summed E-state index contributed by atoms with van der Waals surface area (Å²) in [7, 11) is 0. The molecule has 2 amide bonds. The van der Waals surface area contributed by atoms with E-state index in [-0.39, 0.29) is 11.8 Å². The number of amides is 2. The Morgan fingerprint density at radius 1 is 1.05 bits per heavy atom. The fraction of sp³-hybridized carbons (Fsp3) is 0.214. The summed E-state index contributed by atoms with van der Waals surface area (Å²) in [6.45, 7) is 3.79. The van der Waals surface area contributed by atoms with Gasteiger partial charge < -0.3 is 19.7 Å². The Morgan fingerprint density at radius 3 is 2.44 bits per heavy atom. The summed E-state index contributed by atoms with van der Waals surface area (Å²) in [6.07, 6.45) is 4.07. The van der Waals surface area contributed by atoms with Crippen LogP contribution in [0.3, 0.4) is 0 Å². The Kier molecular flexibility index (Phi) is 6.11. The Labute approximate surface area is 228 Å². The molecule has 3 aromatic heterocycles. The van der Waals surface area contributed by atoms with Crippen LogP contribution < -0.4 is 10.6 Å². The Morgan fingerprint density at radius 2 is 1.77 bits per heavy atom. The van der Waals surface area contributed by atoms with Crippen LogP contribution in [0, 0.1) is 13.8 Å². The summed E-state index contributed by atoms with van der Waals surface area (Å²) in [5, 5.41) is 11.3. The number of carbonyl (C=O) groups is 2. The number of fused-ring (bicyclic) bond motifs is 1. The van der Waals surface area contributed by atoms with Gasteiger partial charge in [0.05, 0.1) is 16.1 Å². The maximum absolute atomic E-state index is 13.0. The molecule has 1 saturated carbocycles. The fourth-order valence-electron chi connectivity index (χ4n) is 4.51. The van der Waals surface area contributed by atoms with E-state index in [1.54, 1.807) is 13.8 Å². The molecule has 2 N–H and O–H groups in total. The third kappa shape index (κ3) is 4.63. The van der Waals surface area contributed by atoms with Gasteiger partial charge in [0.2, 0.25) is 17.6 Å². The summed E-state index contributed by atoms with van der Waals surface area (Å²) in [4.78, 5) is 38.0. The summed E-state index contributed by atoms with van der Waals surface area (Å²) in [6, 6.07) is 15.6. The number of halogens is 1. The van der Waals surface area contributed by atoms with Gasteiger partial charge in [-0.05, 0) is 43.5 Å². The molecule has 2 aromatic carbocycles. The van der Waals surface area contributed by atoms with E-state index in [0.717, 1.165) is 22.2 Å². The van der Waals surface area contributed by atoms with Crippen LogP contribution in [0.5, 0.6) is 0 Å². The van der Waals surface area contributed by atoms with Gasteiger partial charge >= 0.3 is 0 Å². The zero-order chi connectivity index (χ0) is 27.1. The zero-order valence-electron chi connectivity index (χ0n) is 21.2. The molecule has 1 fully saturated rings. The van der Waals surface area contributed by atoms with E-state index in [9.17, 15) is 9.59 Å². The first-order valence-corrected chi connectivity index (χ1v) is 12.8. The predicted molar refractivity (Wildman–Crippen MR) is 144 cm³/mol. The van der Waals surface area contributed by atoms with Crippen LogP contribution in [-0.4, -0.2) is 42.0 Å². The van der Waals surface area contributed by atoms with E-state index >= 15 is 0 Å². The van der Waals surface area contributed by atoms with Gasteiger partial charge in [0.1, 0.15) is 17.1 Å². The lowest BCUT2D eigenvalue weighted by molar-refractivity contribution is -0.124. The Balaban J connectivity index is 1.19. The molecule has 10 nitrogen and oxygen atoms in total. The van der Waals surface area contributed by atoms with E-state index < -0.39 is 5.54 Å². The number of nitrogens with zero attached hydrogens (tertiary/aromatic N) is 5. The molecular formula is C28H24ClN7O3. The lowest BCUT2D eigenvalue weighted by atomic mass is 10.1. The van der Waals surface area contributed by atoms with E-state index in [2.05, 4.69) is 30.7 Å². The first-order valence-electron chi connectivity index (χ1n) is 12.4. The van der Waals surface area contributed by atoms with Gasteiger partial charge in [-0.1, -0.05) is 47.1 Å². The van der Waals surface area contributed by atoms with Gasteiger partial charge in [0, 0.05) is 36.9 Å². The molecule has 0 aliphatic heterocycles. The summed E-state index contributed by atoms with van der Waals surface area (Å²) >= 11 is 6.78. The number of aromatic nitrogens is 5. The highest BCUT2D eigenvalue weighted by Gasteiger charge is 2.51. The van der Waals surface area contributed by atoms with Crippen LogP contribution in [0.4, 0.5) is 0 Å². The van der Waals surface area contributed by atoms with Crippen LogP contribution >= 0.6 is 11.6 Å². The molecule has 3 heterocycles. The van der Waals surface area contributed by atoms with Crippen molar-refractivity contribution in [2.75, 3.05) is 0 Å². The van der Waals surface area contributed by atoms with Crippen molar-refractivity contribution in [2.45, 2.75) is 38.8 Å². The average Bonchev–Trinajstić information content (AvgIpc) is 3.51. The Bertz CT molecular complexity index is 1700. The standard InChI is InChI=1S/C28H24ClN7O3/c1-16-30-14-19(15-31-16)26(37)34-28(11-12-28)27(38)32-13-18-7-9-20(10-8-18)36-22-6-4-3-5-21(22)23(29)24(36)25-33-17(2)39-35-25/h3-10,14-15H,11-13H2,1-2H3,(H,32,38)(H,34,37). The number of hydrogen-bond acceptors (Lipinski definition) is 7. The summed E-state index contributed by atoms with van der Waals surface area (Å²) in [5.41, 5.74) is 2.73. The molecule has 0 spiro atoms. The lowest BCUT2D eigenvalue weighted by Gasteiger charge is -2.17. The van der Waals surface area contributed by atoms with Crippen molar-refractivity contribution in [3.8, 4) is 17.2 Å². The molecule has 0 radical (unpaired) electrons. The topological polar surface area (TPSA) is 128 Å². The maximum Gasteiger partial charge on any atom is 0.255 e. The number of aryl methyl sites for hydroxylation is 2. The second-order valence-electron chi connectivity index (χ2n) is 9.56. The van der Waals surface area contributed by atoms with Crippen molar-refractivity contribution in [1.82, 2.24) is 35.3 Å². The van der Waals surface area contributed by atoms with Crippen molar-refractivity contribution in [3.63, 3.8) is 0 Å². The van der Waals surface area contributed by atoms with Gasteiger partial charge in [-0.25, -0.2) is 9.97 Å². The number of carbonyl (C=O) groups excluding carboxylic acids is 2. The highest BCUT2D eigenvalue weighted by Crippen LogP contribution is 2.39. The Hall–Kier alpha value is -4.57. The van der Waals surface area contributed by atoms with Gasteiger partial charge in [-0.2, -0.15) is 4.98 Å². The van der Waals surface area contributed by atoms with Crippen molar-refractivity contribution in [2.24, 2.45) is 0 Å². The predicted octanol–water partition coefficient (Wildman–Crippen LogP) is 4.32. The maximum atomic E-state index is 13.0. The van der Waals surface area contributed by atoms with E-state index in [1.807, 2.05) is 53.1 Å². The molecule has 0 saturated heterocycles. The van der Waals surface area contributed by atoms with Crippen LogP contribution in [0.15, 0.2) is 65.4 Å². The van der Waals surface area contributed by atoms with Crippen LogP contribution in [0.1, 0.15) is 40.5 Å². The number of hydrogen-bond donors (Lipinski definition) is 2. The third-order valence-corrected chi connectivity index (χ3v) is 7.16. The van der Waals surface area contributed by atoms with Gasteiger partial charge in [-0.3, -0.25) is 9.59 Å². The molecule has 196 valence electrons. The highest BCUT2D eigenvalue weighted by atomic mass is 35.5. The van der Waals surface area contributed by atoms with Gasteiger partial charge in [-0.15, -0.1) is 0 Å². The minimum Gasteiger partial charge on any atom is -0.350 e. The molecular weight excluding hydrogens is 518 g/mol. The van der Waals surface area contributed by atoms with E-state index in [0.29, 0.717) is 53.2 Å². The molecule has 11 heteroatoms. The fourth-order valence-corrected chi connectivity index (χ4v) is 4.84. The molecule has 0 atom stereocenters. The molecule has 1 aliphatic carbocycles. The summed E-state index contributed by atoms with van der Waals surface area (Å²) in [5.74, 6) is 0.841. The van der Waals surface area contributed by atoms with E-state index in [4.69, 9.17) is 16.1 Å². The summed E-state index contributed by atoms with van der Waals surface area (Å²) < 4.78 is 7.21. The second-order valence-corrected chi connectivity index (χ2v) is 9.93. The molecule has 39 heavy (non-hydrogen) atoms. The molecule has 6 rings (SSSR count). The third-order valence-electron chi connectivity index (χ3n) is 6.78. The van der Waals surface area contributed by atoms with E-state index in [1.165, 1.54) is 12.4 Å². The normalized spacial score (nSPS) is 13.8. The van der Waals surface area contributed by atoms with Crippen molar-refractivity contribution >= 4 is 34.3 Å².